The summed E-state index contributed by atoms with van der Waals surface area (Å²) in [6.07, 6.45) is -4.86. The van der Waals surface area contributed by atoms with E-state index in [-0.39, 0.29) is 31.3 Å². The van der Waals surface area contributed by atoms with E-state index in [9.17, 15) is 22.8 Å². The van der Waals surface area contributed by atoms with E-state index in [0.29, 0.717) is 26.2 Å². The largest absolute Gasteiger partial charge is 0.416 e. The molecule has 1 unspecified atom stereocenters. The van der Waals surface area contributed by atoms with Gasteiger partial charge in [-0.2, -0.15) is 13.2 Å². The molecule has 0 radical (unpaired) electrons. The number of benzene rings is 1. The van der Waals surface area contributed by atoms with Gasteiger partial charge in [-0.05, 0) is 31.2 Å². The summed E-state index contributed by atoms with van der Waals surface area (Å²) >= 11 is 0. The summed E-state index contributed by atoms with van der Waals surface area (Å²) in [5.41, 5.74) is -0.670. The normalized spacial score (nSPS) is 17.1. The van der Waals surface area contributed by atoms with Gasteiger partial charge in [0.1, 0.15) is 0 Å². The summed E-state index contributed by atoms with van der Waals surface area (Å²) < 4.78 is 49.0. The van der Waals surface area contributed by atoms with Crippen LogP contribution in [-0.4, -0.2) is 80.9 Å². The molecule has 0 bridgehead atoms. The van der Waals surface area contributed by atoms with Crippen LogP contribution in [0.2, 0.25) is 0 Å². The summed E-state index contributed by atoms with van der Waals surface area (Å²) in [5, 5.41) is 2.73. The minimum Gasteiger partial charge on any atom is -0.383 e. The van der Waals surface area contributed by atoms with Crippen LogP contribution in [0, 0.1) is 0 Å². The molecule has 1 aliphatic rings. The number of alkyl halides is 3. The number of amides is 3. The summed E-state index contributed by atoms with van der Waals surface area (Å²) in [5.74, 6) is -0.422. The van der Waals surface area contributed by atoms with Gasteiger partial charge in [-0.3, -0.25) is 4.79 Å². The number of urea groups is 1. The fraction of sp³-hybridized carbons (Fsp3) is 0.579. The lowest BCUT2D eigenvalue weighted by Crippen LogP contribution is -2.53. The van der Waals surface area contributed by atoms with Crippen molar-refractivity contribution < 1.29 is 32.2 Å². The first kappa shape index (κ1) is 23.0. The third-order valence-corrected chi connectivity index (χ3v) is 4.49. The van der Waals surface area contributed by atoms with E-state index in [0.717, 1.165) is 24.3 Å². The zero-order valence-corrected chi connectivity index (χ0v) is 16.5. The highest BCUT2D eigenvalue weighted by Crippen LogP contribution is 2.29. The van der Waals surface area contributed by atoms with Crippen LogP contribution in [0.1, 0.15) is 22.8 Å². The van der Waals surface area contributed by atoms with Gasteiger partial charge in [-0.15, -0.1) is 0 Å². The topological polar surface area (TPSA) is 71.1 Å². The lowest BCUT2D eigenvalue weighted by Gasteiger charge is -2.35. The van der Waals surface area contributed by atoms with Gasteiger partial charge in [0.15, 0.2) is 0 Å². The Balaban J connectivity index is 2.08. The maximum absolute atomic E-state index is 12.8. The van der Waals surface area contributed by atoms with Gasteiger partial charge in [0.05, 0.1) is 31.4 Å². The second-order valence-corrected chi connectivity index (χ2v) is 6.59. The van der Waals surface area contributed by atoms with Crippen molar-refractivity contribution in [1.29, 1.82) is 0 Å². The molecule has 162 valence electrons. The van der Waals surface area contributed by atoms with Crippen LogP contribution in [-0.2, 0) is 15.7 Å². The number of morpholine rings is 1. The van der Waals surface area contributed by atoms with E-state index in [2.05, 4.69) is 5.32 Å². The summed E-state index contributed by atoms with van der Waals surface area (Å²) in [6.45, 7) is 4.14. The Labute approximate surface area is 167 Å². The average Bonchev–Trinajstić information content (AvgIpc) is 2.70. The molecule has 1 atom stereocenters. The number of hydrogen-bond donors (Lipinski definition) is 1. The number of carbonyl (C=O) groups is 2. The monoisotopic (exact) mass is 417 g/mol. The molecular formula is C19H26F3N3O4. The molecule has 0 aromatic heterocycles. The Morgan fingerprint density at radius 2 is 2.00 bits per heavy atom. The molecule has 3 amide bonds. The van der Waals surface area contributed by atoms with Crippen molar-refractivity contribution in [3.05, 3.63) is 35.4 Å². The van der Waals surface area contributed by atoms with E-state index < -0.39 is 23.8 Å². The fourth-order valence-electron chi connectivity index (χ4n) is 2.98. The Bertz CT molecular complexity index is 682. The molecule has 1 aromatic rings. The molecular weight excluding hydrogens is 391 g/mol. The second kappa shape index (κ2) is 10.4. The van der Waals surface area contributed by atoms with Crippen LogP contribution in [0.4, 0.5) is 18.0 Å². The highest BCUT2D eigenvalue weighted by molar-refractivity contribution is 5.94. The van der Waals surface area contributed by atoms with Gasteiger partial charge in [-0.25, -0.2) is 4.79 Å². The van der Waals surface area contributed by atoms with Crippen molar-refractivity contribution in [1.82, 2.24) is 15.1 Å². The first-order chi connectivity index (χ1) is 13.8. The van der Waals surface area contributed by atoms with Crippen LogP contribution in [0.3, 0.4) is 0 Å². The second-order valence-electron chi connectivity index (χ2n) is 6.59. The molecule has 1 heterocycles. The number of rotatable bonds is 7. The molecule has 10 heteroatoms. The predicted octanol–water partition coefficient (Wildman–Crippen LogP) is 2.22. The molecule has 1 fully saturated rings. The van der Waals surface area contributed by atoms with Crippen LogP contribution in [0.25, 0.3) is 0 Å². The molecule has 29 heavy (non-hydrogen) atoms. The molecule has 0 saturated carbocycles. The number of carbonyl (C=O) groups excluding carboxylic acids is 2. The molecule has 2 rings (SSSR count). The zero-order valence-electron chi connectivity index (χ0n) is 16.5. The molecule has 7 nitrogen and oxygen atoms in total. The lowest BCUT2D eigenvalue weighted by molar-refractivity contribution is -0.137. The van der Waals surface area contributed by atoms with E-state index in [1.807, 2.05) is 6.92 Å². The highest BCUT2D eigenvalue weighted by Gasteiger charge is 2.31. The standard InChI is InChI=1S/C19H26F3N3O4/c1-3-23-18(27)25-9-11-29-16(13-25)12-24(8-10-28-2)17(26)14-4-6-15(7-5-14)19(20,21)22/h4-7,16H,3,8-13H2,1-2H3,(H,23,27). The van der Waals surface area contributed by atoms with Crippen molar-refractivity contribution in [2.24, 2.45) is 0 Å². The number of nitrogens with zero attached hydrogens (tertiary/aromatic N) is 2. The van der Waals surface area contributed by atoms with Gasteiger partial charge in [-0.1, -0.05) is 0 Å². The van der Waals surface area contributed by atoms with E-state index in [4.69, 9.17) is 9.47 Å². The van der Waals surface area contributed by atoms with Gasteiger partial charge in [0.2, 0.25) is 0 Å². The molecule has 1 N–H and O–H groups in total. The van der Waals surface area contributed by atoms with Crippen molar-refractivity contribution in [3.8, 4) is 0 Å². The average molecular weight is 417 g/mol. The number of hydrogen-bond acceptors (Lipinski definition) is 4. The molecule has 1 aliphatic heterocycles. The minimum absolute atomic E-state index is 0.144. The lowest BCUT2D eigenvalue weighted by atomic mass is 10.1. The first-order valence-electron chi connectivity index (χ1n) is 9.36. The first-order valence-corrected chi connectivity index (χ1v) is 9.36. The Hall–Kier alpha value is -2.33. The Morgan fingerprint density at radius 1 is 1.31 bits per heavy atom. The number of ether oxygens (including phenoxy) is 2. The maximum atomic E-state index is 12.8. The van der Waals surface area contributed by atoms with Gasteiger partial charge in [0, 0.05) is 38.9 Å². The number of methoxy groups -OCH3 is 1. The smallest absolute Gasteiger partial charge is 0.383 e. The molecule has 1 saturated heterocycles. The quantitative estimate of drug-likeness (QED) is 0.739. The van der Waals surface area contributed by atoms with E-state index in [1.165, 1.54) is 12.0 Å². The third kappa shape index (κ3) is 6.60. The number of nitrogens with one attached hydrogen (secondary N) is 1. The maximum Gasteiger partial charge on any atom is 0.416 e. The zero-order chi connectivity index (χ0) is 21.4. The third-order valence-electron chi connectivity index (χ3n) is 4.49. The van der Waals surface area contributed by atoms with Crippen molar-refractivity contribution >= 4 is 11.9 Å². The van der Waals surface area contributed by atoms with E-state index in [1.54, 1.807) is 4.90 Å². The van der Waals surface area contributed by atoms with E-state index >= 15 is 0 Å². The molecule has 1 aromatic carbocycles. The summed E-state index contributed by atoms with van der Waals surface area (Å²) in [4.78, 5) is 28.0. The van der Waals surface area contributed by atoms with Gasteiger partial charge in [0.25, 0.3) is 5.91 Å². The number of halogens is 3. The SMILES string of the molecule is CCNC(=O)N1CCOC(CN(CCOC)C(=O)c2ccc(C(F)(F)F)cc2)C1. The Morgan fingerprint density at radius 3 is 2.59 bits per heavy atom. The minimum atomic E-state index is -4.46. The van der Waals surface area contributed by atoms with Crippen LogP contribution in [0.15, 0.2) is 24.3 Å². The Kier molecular flexibility index (Phi) is 8.27. The van der Waals surface area contributed by atoms with Crippen molar-refractivity contribution in [3.63, 3.8) is 0 Å². The molecule has 0 aliphatic carbocycles. The van der Waals surface area contributed by atoms with Crippen molar-refractivity contribution in [2.75, 3.05) is 53.0 Å². The summed E-state index contributed by atoms with van der Waals surface area (Å²) in [7, 11) is 1.49. The molecule has 0 spiro atoms. The van der Waals surface area contributed by atoms with Crippen LogP contribution < -0.4 is 5.32 Å². The fourth-order valence-corrected chi connectivity index (χ4v) is 2.98. The van der Waals surface area contributed by atoms with Crippen LogP contribution >= 0.6 is 0 Å². The summed E-state index contributed by atoms with van der Waals surface area (Å²) in [6, 6.07) is 3.89. The van der Waals surface area contributed by atoms with Crippen molar-refractivity contribution in [2.45, 2.75) is 19.2 Å². The van der Waals surface area contributed by atoms with Crippen LogP contribution in [0.5, 0.6) is 0 Å². The van der Waals surface area contributed by atoms with Gasteiger partial charge < -0.3 is 24.6 Å². The van der Waals surface area contributed by atoms with Gasteiger partial charge >= 0.3 is 12.2 Å². The predicted molar refractivity (Wildman–Crippen MR) is 99.6 cm³/mol. The highest BCUT2D eigenvalue weighted by atomic mass is 19.4.